The summed E-state index contributed by atoms with van der Waals surface area (Å²) in [6.45, 7) is 7.52. The number of hydrogen-bond acceptors (Lipinski definition) is 2. The zero-order valence-corrected chi connectivity index (χ0v) is 8.51. The van der Waals surface area contributed by atoms with Gasteiger partial charge in [0.1, 0.15) is 0 Å². The number of carbonyl (C=O) groups excluding carboxylic acids is 1. The molecule has 2 nitrogen and oxygen atoms in total. The van der Waals surface area contributed by atoms with E-state index in [0.717, 1.165) is 25.7 Å². The highest BCUT2D eigenvalue weighted by atomic mass is 16.5. The van der Waals surface area contributed by atoms with E-state index >= 15 is 0 Å². The maximum absolute atomic E-state index is 10.7. The Morgan fingerprint density at radius 3 is 2.62 bits per heavy atom. The molecule has 0 atom stereocenters. The minimum absolute atomic E-state index is 0.387. The van der Waals surface area contributed by atoms with Crippen molar-refractivity contribution in [2.75, 3.05) is 0 Å². The topological polar surface area (TPSA) is 26.3 Å². The zero-order chi connectivity index (χ0) is 10.1. The predicted octanol–water partition coefficient (Wildman–Crippen LogP) is 3.20. The van der Waals surface area contributed by atoms with E-state index < -0.39 is 0 Å². The molecule has 0 fully saturated rings. The Morgan fingerprint density at radius 1 is 1.46 bits per heavy atom. The summed E-state index contributed by atoms with van der Waals surface area (Å²) < 4.78 is 4.82. The molecule has 0 aliphatic heterocycles. The number of allylic oxidation sites excluding steroid dienone is 1. The van der Waals surface area contributed by atoms with Gasteiger partial charge in [0.05, 0.1) is 6.26 Å². The molecule has 0 spiro atoms. The molecular formula is C11H18O2. The van der Waals surface area contributed by atoms with Gasteiger partial charge in [-0.25, -0.2) is 4.79 Å². The molecular weight excluding hydrogens is 164 g/mol. The summed E-state index contributed by atoms with van der Waals surface area (Å²) in [4.78, 5) is 10.7. The van der Waals surface area contributed by atoms with Crippen molar-refractivity contribution >= 4 is 5.97 Å². The minimum Gasteiger partial charge on any atom is -0.431 e. The first-order chi connectivity index (χ1) is 6.24. The summed E-state index contributed by atoms with van der Waals surface area (Å²) in [5.74, 6) is -0.387. The van der Waals surface area contributed by atoms with Gasteiger partial charge in [-0.1, -0.05) is 26.8 Å². The van der Waals surface area contributed by atoms with Crippen molar-refractivity contribution in [3.05, 3.63) is 24.5 Å². The van der Waals surface area contributed by atoms with E-state index in [-0.39, 0.29) is 5.97 Å². The van der Waals surface area contributed by atoms with Crippen LogP contribution in [0.25, 0.3) is 0 Å². The van der Waals surface area contributed by atoms with Crippen LogP contribution < -0.4 is 0 Å². The van der Waals surface area contributed by atoms with E-state index in [4.69, 9.17) is 4.74 Å². The Bertz CT molecular complexity index is 192. The Balaban J connectivity index is 3.90. The molecule has 0 N–H and O–H groups in total. The van der Waals surface area contributed by atoms with Crippen molar-refractivity contribution in [1.82, 2.24) is 0 Å². The van der Waals surface area contributed by atoms with E-state index in [2.05, 4.69) is 20.4 Å². The van der Waals surface area contributed by atoms with Gasteiger partial charge >= 0.3 is 5.97 Å². The third-order valence-corrected chi connectivity index (χ3v) is 1.81. The first kappa shape index (κ1) is 11.9. The van der Waals surface area contributed by atoms with Crippen LogP contribution >= 0.6 is 0 Å². The molecule has 74 valence electrons. The highest BCUT2D eigenvalue weighted by molar-refractivity contribution is 5.81. The van der Waals surface area contributed by atoms with Crippen LogP contribution in [0.15, 0.2) is 24.5 Å². The summed E-state index contributed by atoms with van der Waals surface area (Å²) in [7, 11) is 0. The molecule has 0 aromatic heterocycles. The van der Waals surface area contributed by atoms with Crippen molar-refractivity contribution in [3.8, 4) is 0 Å². The van der Waals surface area contributed by atoms with Gasteiger partial charge in [0.2, 0.25) is 0 Å². The molecule has 0 bridgehead atoms. The van der Waals surface area contributed by atoms with Gasteiger partial charge in [0, 0.05) is 6.08 Å². The summed E-state index contributed by atoms with van der Waals surface area (Å²) in [6, 6.07) is 0. The molecule has 0 saturated heterocycles. The monoisotopic (exact) mass is 182 g/mol. The van der Waals surface area contributed by atoms with Crippen molar-refractivity contribution < 1.29 is 9.53 Å². The van der Waals surface area contributed by atoms with Crippen LogP contribution in [0.5, 0.6) is 0 Å². The highest BCUT2D eigenvalue weighted by Gasteiger charge is 1.96. The van der Waals surface area contributed by atoms with E-state index in [1.807, 2.05) is 0 Å². The normalized spacial score (nSPS) is 11.1. The minimum atomic E-state index is -0.387. The van der Waals surface area contributed by atoms with E-state index in [9.17, 15) is 4.79 Å². The Hall–Kier alpha value is -1.05. The highest BCUT2D eigenvalue weighted by Crippen LogP contribution is 2.10. The molecule has 0 heterocycles. The predicted molar refractivity (Wildman–Crippen MR) is 54.2 cm³/mol. The lowest BCUT2D eigenvalue weighted by molar-refractivity contribution is -0.132. The number of esters is 1. The molecule has 0 radical (unpaired) electrons. The molecule has 0 aliphatic carbocycles. The lowest BCUT2D eigenvalue weighted by Gasteiger charge is -2.02. The molecule has 0 amide bonds. The average molecular weight is 182 g/mol. The molecule has 0 aliphatic rings. The van der Waals surface area contributed by atoms with Crippen LogP contribution in [-0.4, -0.2) is 5.97 Å². The second kappa shape index (κ2) is 7.59. The molecule has 13 heavy (non-hydrogen) atoms. The molecule has 2 heteroatoms. The van der Waals surface area contributed by atoms with Crippen molar-refractivity contribution in [3.63, 3.8) is 0 Å². The summed E-state index contributed by atoms with van der Waals surface area (Å²) in [6.07, 6.45) is 6.98. The van der Waals surface area contributed by atoms with Gasteiger partial charge in [-0.05, 0) is 24.8 Å². The largest absolute Gasteiger partial charge is 0.431 e. The van der Waals surface area contributed by atoms with Crippen LogP contribution in [0.4, 0.5) is 0 Å². The van der Waals surface area contributed by atoms with Gasteiger partial charge in [-0.3, -0.25) is 0 Å². The Labute approximate surface area is 80.3 Å². The fourth-order valence-corrected chi connectivity index (χ4v) is 0.912. The molecule has 0 saturated carbocycles. The smallest absolute Gasteiger partial charge is 0.334 e. The van der Waals surface area contributed by atoms with Crippen molar-refractivity contribution in [1.29, 1.82) is 0 Å². The summed E-state index contributed by atoms with van der Waals surface area (Å²) >= 11 is 0. The number of unbranched alkanes of at least 4 members (excludes halogenated alkanes) is 1. The third-order valence-electron chi connectivity index (χ3n) is 1.81. The maximum Gasteiger partial charge on any atom is 0.334 e. The Kier molecular flexibility index (Phi) is 6.98. The second-order valence-corrected chi connectivity index (χ2v) is 2.87. The van der Waals surface area contributed by atoms with Gasteiger partial charge < -0.3 is 4.74 Å². The Morgan fingerprint density at radius 2 is 2.15 bits per heavy atom. The van der Waals surface area contributed by atoms with E-state index in [1.165, 1.54) is 11.6 Å². The lowest BCUT2D eigenvalue weighted by Crippen LogP contribution is -1.94. The number of hydrogen-bond donors (Lipinski definition) is 0. The standard InChI is InChI=1S/C11H18O2/c1-4-7-8-10(5-2)9-13-11(12)6-3/h6,9H,3-5,7-8H2,1-2H3. The fraction of sp³-hybridized carbons (Fsp3) is 0.545. The number of rotatable bonds is 6. The second-order valence-electron chi connectivity index (χ2n) is 2.87. The van der Waals surface area contributed by atoms with Crippen LogP contribution in [-0.2, 0) is 9.53 Å². The van der Waals surface area contributed by atoms with Gasteiger partial charge in [0.15, 0.2) is 0 Å². The molecule has 0 aromatic rings. The van der Waals surface area contributed by atoms with Crippen molar-refractivity contribution in [2.45, 2.75) is 39.5 Å². The van der Waals surface area contributed by atoms with Crippen molar-refractivity contribution in [2.24, 2.45) is 0 Å². The van der Waals surface area contributed by atoms with E-state index in [0.29, 0.717) is 0 Å². The average Bonchev–Trinajstić information content (AvgIpc) is 2.17. The van der Waals surface area contributed by atoms with Gasteiger partial charge in [-0.15, -0.1) is 0 Å². The summed E-state index contributed by atoms with van der Waals surface area (Å²) in [5.41, 5.74) is 1.18. The molecule has 0 rings (SSSR count). The lowest BCUT2D eigenvalue weighted by atomic mass is 10.1. The van der Waals surface area contributed by atoms with Crippen LogP contribution in [0.2, 0.25) is 0 Å². The van der Waals surface area contributed by atoms with Gasteiger partial charge in [0.25, 0.3) is 0 Å². The maximum atomic E-state index is 10.7. The van der Waals surface area contributed by atoms with Crippen LogP contribution in [0.3, 0.4) is 0 Å². The molecule has 0 aromatic carbocycles. The van der Waals surface area contributed by atoms with Crippen LogP contribution in [0.1, 0.15) is 39.5 Å². The molecule has 0 unspecified atom stereocenters. The first-order valence-corrected chi connectivity index (χ1v) is 4.75. The SMILES string of the molecule is C=CC(=O)OC=C(CC)CCCC. The van der Waals surface area contributed by atoms with E-state index in [1.54, 1.807) is 6.26 Å². The number of ether oxygens (including phenoxy) is 1. The van der Waals surface area contributed by atoms with Crippen LogP contribution in [0, 0.1) is 0 Å². The third kappa shape index (κ3) is 6.14. The fourth-order valence-electron chi connectivity index (χ4n) is 0.912. The first-order valence-electron chi connectivity index (χ1n) is 4.75. The quantitative estimate of drug-likeness (QED) is 0.358. The number of carbonyl (C=O) groups is 1. The zero-order valence-electron chi connectivity index (χ0n) is 8.51. The summed E-state index contributed by atoms with van der Waals surface area (Å²) in [5, 5.41) is 0. The van der Waals surface area contributed by atoms with Gasteiger partial charge in [-0.2, -0.15) is 0 Å².